The van der Waals surface area contributed by atoms with Crippen LogP contribution in [0.1, 0.15) is 24.5 Å². The summed E-state index contributed by atoms with van der Waals surface area (Å²) >= 11 is 7.71. The maximum absolute atomic E-state index is 12.7. The first-order valence-corrected chi connectivity index (χ1v) is 18.8. The Morgan fingerprint density at radius 1 is 0.595 bits per heavy atom. The van der Waals surface area contributed by atoms with Crippen LogP contribution >= 0.6 is 47.0 Å². The number of aliphatic hydroxyl groups is 1. The molecule has 0 spiro atoms. The van der Waals surface area contributed by atoms with E-state index >= 15 is 0 Å². The minimum absolute atomic E-state index is 0.233. The molecule has 0 aliphatic heterocycles. The molecule has 3 atom stereocenters. The van der Waals surface area contributed by atoms with Gasteiger partial charge in [-0.1, -0.05) is 109 Å². The van der Waals surface area contributed by atoms with Crippen molar-refractivity contribution in [1.82, 2.24) is 0 Å². The zero-order valence-electron chi connectivity index (χ0n) is 24.2. The van der Waals surface area contributed by atoms with Crippen LogP contribution in [-0.2, 0) is 11.5 Å². The van der Waals surface area contributed by atoms with Crippen molar-refractivity contribution in [3.63, 3.8) is 0 Å². The molecule has 1 N–H and O–H groups in total. The van der Waals surface area contributed by atoms with E-state index in [2.05, 4.69) is 134 Å². The molecule has 0 amide bonds. The fourth-order valence-electron chi connectivity index (χ4n) is 5.82. The summed E-state index contributed by atoms with van der Waals surface area (Å²) in [4.78, 5) is 2.53. The van der Waals surface area contributed by atoms with E-state index in [1.807, 2.05) is 47.0 Å². The molecule has 0 saturated heterocycles. The van der Waals surface area contributed by atoms with Crippen molar-refractivity contribution >= 4 is 47.0 Å². The highest BCUT2D eigenvalue weighted by Gasteiger charge is 2.52. The monoisotopic (exact) mass is 628 g/mol. The van der Waals surface area contributed by atoms with E-state index in [-0.39, 0.29) is 10.8 Å². The number of hydrogen-bond acceptors (Lipinski definition) is 5. The molecular formula is C37H40OS4. The van der Waals surface area contributed by atoms with Crippen LogP contribution in [0.15, 0.2) is 143 Å². The fraction of sp³-hybridized carbons (Fsp3) is 0.297. The van der Waals surface area contributed by atoms with E-state index in [1.54, 1.807) is 0 Å². The molecule has 4 aromatic carbocycles. The van der Waals surface area contributed by atoms with Gasteiger partial charge in [-0.15, -0.1) is 23.5 Å². The lowest BCUT2D eigenvalue weighted by molar-refractivity contribution is -0.0179. The summed E-state index contributed by atoms with van der Waals surface area (Å²) in [6.07, 6.45) is 2.92. The molecule has 1 nitrogen and oxygen atoms in total. The van der Waals surface area contributed by atoms with E-state index in [0.29, 0.717) is 0 Å². The van der Waals surface area contributed by atoms with Crippen molar-refractivity contribution < 1.29 is 5.11 Å². The Morgan fingerprint density at radius 2 is 1.05 bits per heavy atom. The van der Waals surface area contributed by atoms with Gasteiger partial charge < -0.3 is 5.11 Å². The lowest BCUT2D eigenvalue weighted by atomic mass is 9.64. The number of benzene rings is 4. The van der Waals surface area contributed by atoms with Gasteiger partial charge in [0.05, 0.1) is 6.10 Å². The molecule has 0 fully saturated rings. The van der Waals surface area contributed by atoms with Gasteiger partial charge in [0.15, 0.2) is 0 Å². The molecular weight excluding hydrogens is 589 g/mol. The lowest BCUT2D eigenvalue weighted by Crippen LogP contribution is -2.55. The third-order valence-electron chi connectivity index (χ3n) is 7.79. The highest BCUT2D eigenvalue weighted by molar-refractivity contribution is 8.00. The highest BCUT2D eigenvalue weighted by Crippen LogP contribution is 2.52. The van der Waals surface area contributed by atoms with Crippen LogP contribution in [0, 0.1) is 10.8 Å². The Balaban J connectivity index is 1.43. The van der Waals surface area contributed by atoms with Crippen LogP contribution < -0.4 is 0 Å². The van der Waals surface area contributed by atoms with Gasteiger partial charge in [0.25, 0.3) is 0 Å². The topological polar surface area (TPSA) is 20.2 Å². The van der Waals surface area contributed by atoms with Gasteiger partial charge >= 0.3 is 0 Å². The summed E-state index contributed by atoms with van der Waals surface area (Å²) < 4.78 is 0. The molecule has 5 heteroatoms. The van der Waals surface area contributed by atoms with Gasteiger partial charge in [0.2, 0.25) is 0 Å². The minimum atomic E-state index is -0.451. The quantitative estimate of drug-likeness (QED) is 0.110. The second-order valence-electron chi connectivity index (χ2n) is 11.3. The largest absolute Gasteiger partial charge is 0.392 e. The second kappa shape index (κ2) is 15.6. The minimum Gasteiger partial charge on any atom is -0.392 e. The van der Waals surface area contributed by atoms with Gasteiger partial charge in [-0.05, 0) is 48.7 Å². The summed E-state index contributed by atoms with van der Waals surface area (Å²) in [5, 5.41) is 12.7. The molecule has 0 bridgehead atoms. The van der Waals surface area contributed by atoms with Crippen LogP contribution in [0.4, 0.5) is 0 Å². The zero-order chi connectivity index (χ0) is 29.1. The van der Waals surface area contributed by atoms with E-state index in [4.69, 9.17) is 0 Å². The Hall–Kier alpha value is -2.02. The summed E-state index contributed by atoms with van der Waals surface area (Å²) in [6.45, 7) is 2.29. The molecule has 0 aromatic heterocycles. The zero-order valence-corrected chi connectivity index (χ0v) is 27.5. The molecule has 0 saturated carbocycles. The summed E-state index contributed by atoms with van der Waals surface area (Å²) in [7, 11) is 0. The number of aliphatic hydroxyl groups excluding tert-OH is 1. The smallest absolute Gasteiger partial charge is 0.0722 e. The van der Waals surface area contributed by atoms with Crippen molar-refractivity contribution in [3.05, 3.63) is 144 Å². The third kappa shape index (κ3) is 8.54. The van der Waals surface area contributed by atoms with Gasteiger partial charge in [-0.2, -0.15) is 23.5 Å². The normalized spacial score (nSPS) is 22.0. The Labute approximate surface area is 269 Å². The van der Waals surface area contributed by atoms with Crippen molar-refractivity contribution in [3.8, 4) is 0 Å². The van der Waals surface area contributed by atoms with Crippen molar-refractivity contribution in [1.29, 1.82) is 0 Å². The Morgan fingerprint density at radius 3 is 1.57 bits per heavy atom. The molecule has 0 radical (unpaired) electrons. The first kappa shape index (κ1) is 31.4. The van der Waals surface area contributed by atoms with E-state index in [9.17, 15) is 5.11 Å². The average Bonchev–Trinajstić information content (AvgIpc) is 3.03. The highest BCUT2D eigenvalue weighted by atomic mass is 32.2. The van der Waals surface area contributed by atoms with Crippen LogP contribution in [0.3, 0.4) is 0 Å². The van der Waals surface area contributed by atoms with Gasteiger partial charge in [0.1, 0.15) is 0 Å². The molecule has 0 heterocycles. The van der Waals surface area contributed by atoms with Gasteiger partial charge in [-0.3, -0.25) is 0 Å². The predicted molar refractivity (Wildman–Crippen MR) is 189 cm³/mol. The Kier molecular flexibility index (Phi) is 11.7. The number of allylic oxidation sites excluding steroid dienone is 1. The molecule has 218 valence electrons. The summed E-state index contributed by atoms with van der Waals surface area (Å²) in [5.41, 5.74) is 3.53. The van der Waals surface area contributed by atoms with Gasteiger partial charge in [0, 0.05) is 55.1 Å². The van der Waals surface area contributed by atoms with Crippen LogP contribution in [-0.4, -0.2) is 34.2 Å². The molecule has 1 aliphatic rings. The van der Waals surface area contributed by atoms with Crippen molar-refractivity contribution in [2.24, 2.45) is 10.8 Å². The number of rotatable bonds is 14. The first-order valence-electron chi connectivity index (χ1n) is 14.5. The second-order valence-corrected chi connectivity index (χ2v) is 15.4. The molecule has 42 heavy (non-hydrogen) atoms. The van der Waals surface area contributed by atoms with Crippen LogP contribution in [0.2, 0.25) is 0 Å². The van der Waals surface area contributed by atoms with Crippen molar-refractivity contribution in [2.45, 2.75) is 40.7 Å². The van der Waals surface area contributed by atoms with E-state index in [0.717, 1.165) is 40.9 Å². The van der Waals surface area contributed by atoms with Crippen LogP contribution in [0.25, 0.3) is 0 Å². The first-order chi connectivity index (χ1) is 20.6. The lowest BCUT2D eigenvalue weighted by Gasteiger charge is -2.51. The molecule has 4 aromatic rings. The maximum atomic E-state index is 12.7. The maximum Gasteiger partial charge on any atom is 0.0722 e. The standard InChI is InChI=1S/C37H40OS4/c1-30-22-36(28-41-33-18-10-4-11-19-33,26-39-24-31-14-6-2-7-15-31)35(38)37(23-30,29-42-34-20-12-5-13-21-34)27-40-25-32-16-8-3-9-17-32/h2-22,35,38H,23-29H2,1H3. The van der Waals surface area contributed by atoms with E-state index in [1.165, 1.54) is 26.5 Å². The predicted octanol–water partition coefficient (Wildman–Crippen LogP) is 10.1. The van der Waals surface area contributed by atoms with Gasteiger partial charge in [-0.25, -0.2) is 0 Å². The molecule has 3 unspecified atom stereocenters. The van der Waals surface area contributed by atoms with Crippen LogP contribution in [0.5, 0.6) is 0 Å². The number of hydrogen-bond donors (Lipinski definition) is 1. The average molecular weight is 629 g/mol. The SMILES string of the molecule is CC1=CC(CSCc2ccccc2)(CSc2ccccc2)C(O)C(CSCc2ccccc2)(CSc2ccccc2)C1. The van der Waals surface area contributed by atoms with Crippen molar-refractivity contribution in [2.75, 3.05) is 23.0 Å². The number of thioether (sulfide) groups is 4. The molecule has 5 rings (SSSR count). The molecule has 1 aliphatic carbocycles. The third-order valence-corrected chi connectivity index (χ3v) is 13.0. The fourth-order valence-corrected chi connectivity index (χ4v) is 10.9. The summed E-state index contributed by atoms with van der Waals surface area (Å²) in [5.74, 6) is 5.48. The van der Waals surface area contributed by atoms with E-state index < -0.39 is 6.10 Å². The summed E-state index contributed by atoms with van der Waals surface area (Å²) in [6, 6.07) is 42.8. The Bertz CT molecular complexity index is 1380.